The number of halogens is 2. The molecular weight excluding hydrogens is 409 g/mol. The molecule has 0 aromatic rings. The van der Waals surface area contributed by atoms with Crippen LogP contribution in [0.4, 0.5) is 4.79 Å². The Hall–Kier alpha value is -0.860. The van der Waals surface area contributed by atoms with Gasteiger partial charge in [0, 0.05) is 7.11 Å². The third-order valence-corrected chi connectivity index (χ3v) is 6.32. The van der Waals surface area contributed by atoms with Gasteiger partial charge in [0.25, 0.3) is 5.91 Å². The van der Waals surface area contributed by atoms with Gasteiger partial charge in [-0.2, -0.15) is 0 Å². The Morgan fingerprint density at radius 1 is 1.36 bits per heavy atom. The van der Waals surface area contributed by atoms with E-state index in [9.17, 15) is 9.59 Å². The van der Waals surface area contributed by atoms with Crippen molar-refractivity contribution in [2.75, 3.05) is 13.7 Å². The lowest BCUT2D eigenvalue weighted by molar-refractivity contribution is -0.124. The van der Waals surface area contributed by atoms with E-state index in [0.717, 1.165) is 12.8 Å². The first-order chi connectivity index (χ1) is 13.1. The number of hydrogen-bond acceptors (Lipinski definition) is 6. The summed E-state index contributed by atoms with van der Waals surface area (Å²) in [6.45, 7) is 6.82. The first-order valence-corrected chi connectivity index (χ1v) is 10.3. The van der Waals surface area contributed by atoms with Crippen LogP contribution in [0.1, 0.15) is 40.0 Å². The number of carbonyl (C=O) groups excluding carboxylic acids is 2. The molecule has 3 rings (SSSR count). The van der Waals surface area contributed by atoms with Crippen LogP contribution in [0.25, 0.3) is 0 Å². The second-order valence-corrected chi connectivity index (χ2v) is 9.21. The second kappa shape index (κ2) is 8.11. The SMILES string of the molecule is CO[C@@H]1[C@H](OC(=O)NC(=O)C(Cl)Cl)CC[C@]2(CO2)[C@H]1[C@@]1(C)O[C@@H]1CC=C(C)C. The van der Waals surface area contributed by atoms with Gasteiger partial charge in [-0.25, -0.2) is 4.79 Å². The number of hydrogen-bond donors (Lipinski definition) is 1. The minimum Gasteiger partial charge on any atom is -0.443 e. The summed E-state index contributed by atoms with van der Waals surface area (Å²) in [5.41, 5.74) is 0.509. The molecule has 1 spiro atoms. The Labute approximate surface area is 175 Å². The van der Waals surface area contributed by atoms with E-state index in [-0.39, 0.29) is 17.6 Å². The van der Waals surface area contributed by atoms with E-state index in [1.165, 1.54) is 5.57 Å². The molecule has 1 aliphatic carbocycles. The van der Waals surface area contributed by atoms with Gasteiger partial charge in [0.2, 0.25) is 0 Å². The Morgan fingerprint density at radius 3 is 2.57 bits per heavy atom. The fourth-order valence-corrected chi connectivity index (χ4v) is 4.50. The maximum Gasteiger partial charge on any atom is 0.414 e. The number of alkyl carbamates (subject to hydrolysis) is 1. The van der Waals surface area contributed by atoms with E-state index in [0.29, 0.717) is 13.0 Å². The maximum atomic E-state index is 12.1. The van der Waals surface area contributed by atoms with E-state index in [1.807, 2.05) is 5.32 Å². The Morgan fingerprint density at radius 2 is 2.04 bits per heavy atom. The van der Waals surface area contributed by atoms with Gasteiger partial charge in [-0.1, -0.05) is 34.9 Å². The van der Waals surface area contributed by atoms with E-state index >= 15 is 0 Å². The highest BCUT2D eigenvalue weighted by atomic mass is 35.5. The van der Waals surface area contributed by atoms with Gasteiger partial charge in [-0.3, -0.25) is 10.1 Å². The molecule has 2 aliphatic heterocycles. The lowest BCUT2D eigenvalue weighted by Crippen LogP contribution is -2.56. The average Bonchev–Trinajstić information content (AvgIpc) is 3.52. The third kappa shape index (κ3) is 4.33. The molecule has 0 unspecified atom stereocenters. The van der Waals surface area contributed by atoms with Crippen LogP contribution in [0, 0.1) is 5.92 Å². The highest BCUT2D eigenvalue weighted by Crippen LogP contribution is 2.59. The molecule has 7 nitrogen and oxygen atoms in total. The molecule has 6 atom stereocenters. The fourth-order valence-electron chi connectivity index (χ4n) is 4.39. The zero-order valence-corrected chi connectivity index (χ0v) is 18.0. The Kier molecular flexibility index (Phi) is 6.32. The van der Waals surface area contributed by atoms with Crippen molar-refractivity contribution in [2.24, 2.45) is 5.92 Å². The molecule has 3 fully saturated rings. The van der Waals surface area contributed by atoms with Crippen molar-refractivity contribution >= 4 is 35.2 Å². The molecule has 28 heavy (non-hydrogen) atoms. The van der Waals surface area contributed by atoms with Crippen molar-refractivity contribution in [1.29, 1.82) is 0 Å². The smallest absolute Gasteiger partial charge is 0.414 e. The number of allylic oxidation sites excluding steroid dienone is 1. The zero-order chi connectivity index (χ0) is 20.7. The molecule has 9 heteroatoms. The lowest BCUT2D eigenvalue weighted by Gasteiger charge is -2.42. The molecule has 1 N–H and O–H groups in total. The molecule has 2 heterocycles. The summed E-state index contributed by atoms with van der Waals surface area (Å²) in [6.07, 6.45) is 2.49. The maximum absolute atomic E-state index is 12.1. The monoisotopic (exact) mass is 435 g/mol. The van der Waals surface area contributed by atoms with Crippen LogP contribution >= 0.6 is 23.2 Å². The van der Waals surface area contributed by atoms with Gasteiger partial charge >= 0.3 is 6.09 Å². The van der Waals surface area contributed by atoms with Gasteiger partial charge in [-0.15, -0.1) is 0 Å². The summed E-state index contributed by atoms with van der Waals surface area (Å²) in [6, 6.07) is 0. The highest BCUT2D eigenvalue weighted by molar-refractivity contribution is 6.53. The zero-order valence-electron chi connectivity index (χ0n) is 16.5. The fraction of sp³-hybridized carbons (Fsp3) is 0.789. The van der Waals surface area contributed by atoms with Crippen molar-refractivity contribution in [1.82, 2.24) is 5.32 Å². The first kappa shape index (κ1) is 21.8. The lowest BCUT2D eigenvalue weighted by atomic mass is 9.68. The van der Waals surface area contributed by atoms with Crippen molar-refractivity contribution in [3.63, 3.8) is 0 Å². The van der Waals surface area contributed by atoms with Crippen LogP contribution in [0.2, 0.25) is 0 Å². The Bertz CT molecular complexity index is 661. The molecule has 2 amide bonds. The number of amides is 2. The van der Waals surface area contributed by atoms with Crippen LogP contribution in [-0.4, -0.2) is 60.1 Å². The topological polar surface area (TPSA) is 89.7 Å². The van der Waals surface area contributed by atoms with Crippen molar-refractivity contribution in [2.45, 2.75) is 74.4 Å². The van der Waals surface area contributed by atoms with Crippen LogP contribution in [-0.2, 0) is 23.7 Å². The number of alkyl halides is 2. The number of ether oxygens (including phenoxy) is 4. The van der Waals surface area contributed by atoms with E-state index < -0.39 is 34.6 Å². The van der Waals surface area contributed by atoms with Gasteiger partial charge in [0.05, 0.1) is 18.6 Å². The minimum absolute atomic E-state index is 0.0635. The molecule has 0 aromatic carbocycles. The van der Waals surface area contributed by atoms with Gasteiger partial charge in [0.15, 0.2) is 4.84 Å². The molecule has 0 radical (unpaired) electrons. The number of imide groups is 1. The van der Waals surface area contributed by atoms with Gasteiger partial charge < -0.3 is 18.9 Å². The number of epoxide rings is 2. The third-order valence-electron chi connectivity index (χ3n) is 5.92. The van der Waals surface area contributed by atoms with Gasteiger partial charge in [0.1, 0.15) is 23.4 Å². The average molecular weight is 436 g/mol. The van der Waals surface area contributed by atoms with E-state index in [2.05, 4.69) is 26.8 Å². The van der Waals surface area contributed by atoms with Crippen LogP contribution in [0.5, 0.6) is 0 Å². The first-order valence-electron chi connectivity index (χ1n) is 9.40. The predicted molar refractivity (Wildman–Crippen MR) is 103 cm³/mol. The summed E-state index contributed by atoms with van der Waals surface area (Å²) >= 11 is 10.9. The summed E-state index contributed by atoms with van der Waals surface area (Å²) in [4.78, 5) is 22.2. The standard InChI is InChI=1S/C19H27Cl2NO6/c1-10(2)5-6-12-18(3,28-12)14-13(25-4)11(7-8-19(14)9-26-19)27-17(24)22-16(23)15(20)21/h5,11-15H,6-9H2,1-4H3,(H,22,23,24)/t11-,12-,13-,14-,18+,19+/m1/s1. The van der Waals surface area contributed by atoms with Crippen molar-refractivity contribution in [3.05, 3.63) is 11.6 Å². The Balaban J connectivity index is 1.71. The summed E-state index contributed by atoms with van der Waals surface area (Å²) < 4.78 is 23.2. The minimum atomic E-state index is -1.34. The number of rotatable bonds is 6. The number of nitrogens with one attached hydrogen (secondary N) is 1. The molecule has 1 saturated carbocycles. The van der Waals surface area contributed by atoms with E-state index in [4.69, 9.17) is 42.1 Å². The van der Waals surface area contributed by atoms with Crippen LogP contribution in [0.15, 0.2) is 11.6 Å². The molecule has 0 bridgehead atoms. The van der Waals surface area contributed by atoms with Crippen molar-refractivity contribution in [3.8, 4) is 0 Å². The molecular formula is C19H27Cl2NO6. The number of methoxy groups -OCH3 is 1. The molecule has 158 valence electrons. The quantitative estimate of drug-likeness (QED) is 0.391. The summed E-state index contributed by atoms with van der Waals surface area (Å²) in [5, 5.41) is 2.03. The summed E-state index contributed by atoms with van der Waals surface area (Å²) in [7, 11) is 1.59. The van der Waals surface area contributed by atoms with Gasteiger partial charge in [-0.05, 0) is 40.0 Å². The van der Waals surface area contributed by atoms with E-state index in [1.54, 1.807) is 7.11 Å². The van der Waals surface area contributed by atoms with Crippen molar-refractivity contribution < 1.29 is 28.5 Å². The normalized spacial score (nSPS) is 38.8. The molecule has 3 aliphatic rings. The second-order valence-electron chi connectivity index (χ2n) is 8.11. The predicted octanol–water partition coefficient (Wildman–Crippen LogP) is 3.12. The molecule has 2 saturated heterocycles. The van der Waals surface area contributed by atoms with Crippen LogP contribution < -0.4 is 5.32 Å². The highest BCUT2D eigenvalue weighted by Gasteiger charge is 2.72. The number of carbonyl (C=O) groups is 2. The van der Waals surface area contributed by atoms with Crippen LogP contribution in [0.3, 0.4) is 0 Å². The molecule has 0 aromatic heterocycles. The summed E-state index contributed by atoms with van der Waals surface area (Å²) in [5.74, 6) is -0.910. The largest absolute Gasteiger partial charge is 0.443 e.